The smallest absolute Gasteiger partial charge is 0.183 e. The third kappa shape index (κ3) is 2.92. The van der Waals surface area contributed by atoms with Crippen molar-refractivity contribution in [2.24, 2.45) is 5.92 Å². The summed E-state index contributed by atoms with van der Waals surface area (Å²) >= 11 is 2.05. The molecule has 1 aliphatic heterocycles. The molecule has 0 amide bonds. The fourth-order valence-electron chi connectivity index (χ4n) is 2.29. The van der Waals surface area contributed by atoms with Gasteiger partial charge in [-0.15, -0.1) is 0 Å². The summed E-state index contributed by atoms with van der Waals surface area (Å²) in [5.41, 5.74) is 2.19. The van der Waals surface area contributed by atoms with Gasteiger partial charge in [0.25, 0.3) is 0 Å². The van der Waals surface area contributed by atoms with E-state index in [1.165, 1.54) is 17.9 Å². The molecule has 0 saturated carbocycles. The van der Waals surface area contributed by atoms with Gasteiger partial charge in [0.1, 0.15) is 5.82 Å². The molecule has 100 valence electrons. The predicted molar refractivity (Wildman–Crippen MR) is 80.5 cm³/mol. The van der Waals surface area contributed by atoms with Crippen LogP contribution in [0, 0.1) is 12.8 Å². The summed E-state index contributed by atoms with van der Waals surface area (Å²) in [5, 5.41) is 10.7. The van der Waals surface area contributed by atoms with E-state index in [0.717, 1.165) is 35.4 Å². The number of rotatable bonds is 4. The summed E-state index contributed by atoms with van der Waals surface area (Å²) in [5.74, 6) is 4.97. The van der Waals surface area contributed by atoms with Gasteiger partial charge in [-0.3, -0.25) is 5.10 Å². The van der Waals surface area contributed by atoms with Crippen LogP contribution in [-0.2, 0) is 0 Å². The molecule has 1 saturated heterocycles. The van der Waals surface area contributed by atoms with Gasteiger partial charge in [-0.05, 0) is 42.9 Å². The lowest BCUT2D eigenvalue weighted by atomic mass is 10.1. The fourth-order valence-corrected chi connectivity index (χ4v) is 3.58. The monoisotopic (exact) mass is 274 g/mol. The van der Waals surface area contributed by atoms with Gasteiger partial charge in [0.15, 0.2) is 5.82 Å². The van der Waals surface area contributed by atoms with E-state index in [9.17, 15) is 0 Å². The van der Waals surface area contributed by atoms with E-state index in [4.69, 9.17) is 0 Å². The van der Waals surface area contributed by atoms with Crippen molar-refractivity contribution < 1.29 is 0 Å². The fraction of sp³-hybridized carbons (Fsp3) is 0.429. The standard InChI is InChI=1S/C14H18N4S/c1-10-16-14(18-17-10)12-4-2-3-5-13(12)15-8-11-6-7-19-9-11/h2-5,11,15H,6-9H2,1H3,(H,16,17,18). The van der Waals surface area contributed by atoms with E-state index in [0.29, 0.717) is 0 Å². The molecule has 1 aromatic heterocycles. The first kappa shape index (κ1) is 12.5. The van der Waals surface area contributed by atoms with Crippen LogP contribution in [-0.4, -0.2) is 33.2 Å². The number of aromatic nitrogens is 3. The maximum absolute atomic E-state index is 4.41. The molecule has 1 aromatic carbocycles. The molecule has 2 heterocycles. The number of thioether (sulfide) groups is 1. The van der Waals surface area contributed by atoms with Gasteiger partial charge in [-0.25, -0.2) is 4.98 Å². The Morgan fingerprint density at radius 2 is 2.32 bits per heavy atom. The van der Waals surface area contributed by atoms with Gasteiger partial charge < -0.3 is 5.32 Å². The Balaban J connectivity index is 1.77. The summed E-state index contributed by atoms with van der Waals surface area (Å²) in [6, 6.07) is 8.24. The molecular weight excluding hydrogens is 256 g/mol. The first-order valence-electron chi connectivity index (χ1n) is 6.63. The minimum Gasteiger partial charge on any atom is -0.384 e. The maximum Gasteiger partial charge on any atom is 0.183 e. The third-order valence-electron chi connectivity index (χ3n) is 3.37. The molecule has 2 aromatic rings. The quantitative estimate of drug-likeness (QED) is 0.900. The minimum absolute atomic E-state index is 0.765. The van der Waals surface area contributed by atoms with Gasteiger partial charge in [0.2, 0.25) is 0 Å². The number of benzene rings is 1. The summed E-state index contributed by atoms with van der Waals surface area (Å²) in [6.45, 7) is 2.95. The van der Waals surface area contributed by atoms with Crippen molar-refractivity contribution >= 4 is 17.4 Å². The van der Waals surface area contributed by atoms with E-state index in [-0.39, 0.29) is 0 Å². The number of hydrogen-bond acceptors (Lipinski definition) is 4. The highest BCUT2D eigenvalue weighted by atomic mass is 32.2. The number of aromatic amines is 1. The highest BCUT2D eigenvalue weighted by molar-refractivity contribution is 7.99. The van der Waals surface area contributed by atoms with Crippen LogP contribution in [0.3, 0.4) is 0 Å². The molecule has 4 nitrogen and oxygen atoms in total. The third-order valence-corrected chi connectivity index (χ3v) is 4.60. The van der Waals surface area contributed by atoms with Gasteiger partial charge in [-0.2, -0.15) is 16.9 Å². The average molecular weight is 274 g/mol. The second-order valence-corrected chi connectivity index (χ2v) is 6.05. The topological polar surface area (TPSA) is 53.6 Å². The molecule has 0 radical (unpaired) electrons. The van der Waals surface area contributed by atoms with E-state index >= 15 is 0 Å². The zero-order valence-electron chi connectivity index (χ0n) is 11.0. The van der Waals surface area contributed by atoms with Crippen molar-refractivity contribution in [2.75, 3.05) is 23.4 Å². The number of nitrogens with zero attached hydrogens (tertiary/aromatic N) is 2. The number of hydrogen-bond donors (Lipinski definition) is 2. The summed E-state index contributed by atoms with van der Waals surface area (Å²) < 4.78 is 0. The zero-order valence-corrected chi connectivity index (χ0v) is 11.8. The minimum atomic E-state index is 0.765. The van der Waals surface area contributed by atoms with Crippen molar-refractivity contribution in [3.63, 3.8) is 0 Å². The highest BCUT2D eigenvalue weighted by Gasteiger charge is 2.16. The Labute approximate surface area is 117 Å². The van der Waals surface area contributed by atoms with Crippen molar-refractivity contribution in [3.05, 3.63) is 30.1 Å². The Morgan fingerprint density at radius 1 is 1.42 bits per heavy atom. The van der Waals surface area contributed by atoms with Crippen LogP contribution >= 0.6 is 11.8 Å². The Kier molecular flexibility index (Phi) is 3.73. The van der Waals surface area contributed by atoms with Crippen LogP contribution in [0.25, 0.3) is 11.4 Å². The van der Waals surface area contributed by atoms with E-state index in [1.54, 1.807) is 0 Å². The lowest BCUT2D eigenvalue weighted by molar-refractivity contribution is 0.632. The molecule has 3 rings (SSSR count). The molecule has 1 fully saturated rings. The lowest BCUT2D eigenvalue weighted by Gasteiger charge is -2.13. The van der Waals surface area contributed by atoms with Crippen molar-refractivity contribution in [3.8, 4) is 11.4 Å². The Bertz CT molecular complexity index is 546. The number of H-pyrrole nitrogens is 1. The number of aryl methyl sites for hydroxylation is 1. The number of para-hydroxylation sites is 1. The van der Waals surface area contributed by atoms with Crippen LogP contribution in [0.4, 0.5) is 5.69 Å². The Hall–Kier alpha value is -1.49. The lowest BCUT2D eigenvalue weighted by Crippen LogP contribution is -2.13. The zero-order chi connectivity index (χ0) is 13.1. The van der Waals surface area contributed by atoms with Crippen LogP contribution < -0.4 is 5.32 Å². The molecule has 19 heavy (non-hydrogen) atoms. The molecule has 1 aliphatic rings. The second kappa shape index (κ2) is 5.65. The SMILES string of the molecule is Cc1nc(-c2ccccc2NCC2CCSC2)n[nH]1. The van der Waals surface area contributed by atoms with Gasteiger partial charge in [0.05, 0.1) is 0 Å². The Morgan fingerprint density at radius 3 is 3.05 bits per heavy atom. The number of nitrogens with one attached hydrogen (secondary N) is 2. The highest BCUT2D eigenvalue weighted by Crippen LogP contribution is 2.27. The van der Waals surface area contributed by atoms with E-state index in [2.05, 4.69) is 50.5 Å². The van der Waals surface area contributed by atoms with Crippen LogP contribution in [0.15, 0.2) is 24.3 Å². The van der Waals surface area contributed by atoms with Crippen LogP contribution in [0.5, 0.6) is 0 Å². The molecule has 1 atom stereocenters. The van der Waals surface area contributed by atoms with Crippen molar-refractivity contribution in [1.29, 1.82) is 0 Å². The van der Waals surface area contributed by atoms with E-state index in [1.807, 2.05) is 13.0 Å². The predicted octanol–water partition coefficient (Wildman–Crippen LogP) is 2.95. The molecule has 0 bridgehead atoms. The van der Waals surface area contributed by atoms with Crippen molar-refractivity contribution in [1.82, 2.24) is 15.2 Å². The molecule has 1 unspecified atom stereocenters. The molecule has 0 spiro atoms. The number of anilines is 1. The van der Waals surface area contributed by atoms with Crippen LogP contribution in [0.1, 0.15) is 12.2 Å². The molecule has 5 heteroatoms. The van der Waals surface area contributed by atoms with Crippen molar-refractivity contribution in [2.45, 2.75) is 13.3 Å². The summed E-state index contributed by atoms with van der Waals surface area (Å²) in [6.07, 6.45) is 1.32. The average Bonchev–Trinajstić information content (AvgIpc) is 3.08. The summed E-state index contributed by atoms with van der Waals surface area (Å²) in [7, 11) is 0. The largest absolute Gasteiger partial charge is 0.384 e. The normalized spacial score (nSPS) is 18.7. The first-order chi connectivity index (χ1) is 9.33. The summed E-state index contributed by atoms with van der Waals surface area (Å²) in [4.78, 5) is 4.41. The van der Waals surface area contributed by atoms with Gasteiger partial charge in [0, 0.05) is 17.8 Å². The van der Waals surface area contributed by atoms with Gasteiger partial charge in [-0.1, -0.05) is 12.1 Å². The maximum atomic E-state index is 4.41. The molecule has 0 aliphatic carbocycles. The van der Waals surface area contributed by atoms with E-state index < -0.39 is 0 Å². The first-order valence-corrected chi connectivity index (χ1v) is 7.78. The molecular formula is C14H18N4S. The van der Waals surface area contributed by atoms with Gasteiger partial charge >= 0.3 is 0 Å². The second-order valence-electron chi connectivity index (χ2n) is 4.90. The van der Waals surface area contributed by atoms with Crippen LogP contribution in [0.2, 0.25) is 0 Å². The molecule has 2 N–H and O–H groups in total.